The van der Waals surface area contributed by atoms with Gasteiger partial charge in [0.15, 0.2) is 0 Å². The van der Waals surface area contributed by atoms with Gasteiger partial charge in [0.2, 0.25) is 10.0 Å². The first-order valence-corrected chi connectivity index (χ1v) is 8.69. The average molecular weight is 299 g/mol. The van der Waals surface area contributed by atoms with Gasteiger partial charge in [0.1, 0.15) is 4.90 Å². The Labute approximate surface area is 122 Å². The Morgan fingerprint density at radius 3 is 2.70 bits per heavy atom. The summed E-state index contributed by atoms with van der Waals surface area (Å²) in [6, 6.07) is 2.02. The minimum Gasteiger partial charge on any atom is -0.352 e. The zero-order valence-corrected chi connectivity index (χ0v) is 13.6. The highest BCUT2D eigenvalue weighted by Crippen LogP contribution is 2.32. The van der Waals surface area contributed by atoms with Gasteiger partial charge in [-0.3, -0.25) is 0 Å². The Balaban J connectivity index is 2.37. The van der Waals surface area contributed by atoms with Crippen LogP contribution in [0.25, 0.3) is 0 Å². The van der Waals surface area contributed by atoms with E-state index in [4.69, 9.17) is 0 Å². The van der Waals surface area contributed by atoms with Crippen molar-refractivity contribution in [1.82, 2.24) is 14.2 Å². The van der Waals surface area contributed by atoms with Crippen LogP contribution < -0.4 is 5.32 Å². The normalized spacial score (nSPS) is 24.4. The minimum absolute atomic E-state index is 0.0953. The maximum Gasteiger partial charge on any atom is 0.245 e. The van der Waals surface area contributed by atoms with E-state index in [0.29, 0.717) is 11.4 Å². The van der Waals surface area contributed by atoms with Gasteiger partial charge in [0.25, 0.3) is 0 Å². The Morgan fingerprint density at radius 2 is 2.10 bits per heavy atom. The summed E-state index contributed by atoms with van der Waals surface area (Å²) < 4.78 is 29.3. The molecular formula is C14H25N3O2S. The molecule has 1 saturated heterocycles. The fraction of sp³-hybridized carbons (Fsp3) is 0.714. The summed E-state index contributed by atoms with van der Waals surface area (Å²) in [6.45, 7) is 4.73. The zero-order chi connectivity index (χ0) is 14.9. The first-order chi connectivity index (χ1) is 9.41. The smallest absolute Gasteiger partial charge is 0.245 e. The van der Waals surface area contributed by atoms with Crippen LogP contribution in [-0.2, 0) is 23.6 Å². The maximum atomic E-state index is 12.9. The molecule has 114 valence electrons. The number of aromatic nitrogens is 1. The van der Waals surface area contributed by atoms with Crippen LogP contribution in [0.2, 0.25) is 0 Å². The summed E-state index contributed by atoms with van der Waals surface area (Å²) in [7, 11) is 0.359. The molecule has 2 rings (SSSR count). The van der Waals surface area contributed by atoms with Crippen molar-refractivity contribution in [2.45, 2.75) is 56.6 Å². The van der Waals surface area contributed by atoms with Crippen molar-refractivity contribution in [1.29, 1.82) is 0 Å². The van der Waals surface area contributed by atoms with Crippen LogP contribution in [0, 0.1) is 0 Å². The summed E-state index contributed by atoms with van der Waals surface area (Å²) in [4.78, 5) is 0.414. The molecule has 1 aliphatic rings. The largest absolute Gasteiger partial charge is 0.352 e. The van der Waals surface area contributed by atoms with E-state index in [2.05, 4.69) is 12.2 Å². The van der Waals surface area contributed by atoms with Crippen molar-refractivity contribution < 1.29 is 8.42 Å². The number of nitrogens with zero attached hydrogens (tertiary/aromatic N) is 2. The molecule has 0 aromatic carbocycles. The van der Waals surface area contributed by atoms with Gasteiger partial charge in [-0.05, 0) is 39.3 Å². The minimum atomic E-state index is -3.38. The Kier molecular flexibility index (Phi) is 4.56. The van der Waals surface area contributed by atoms with Gasteiger partial charge in [-0.2, -0.15) is 4.31 Å². The lowest BCUT2D eigenvalue weighted by atomic mass is 10.2. The van der Waals surface area contributed by atoms with E-state index in [1.54, 1.807) is 16.6 Å². The highest BCUT2D eigenvalue weighted by Gasteiger charge is 2.39. The number of nitrogens with one attached hydrogen (secondary N) is 1. The lowest BCUT2D eigenvalue weighted by molar-refractivity contribution is 0.328. The fourth-order valence-corrected chi connectivity index (χ4v) is 5.11. The summed E-state index contributed by atoms with van der Waals surface area (Å²) in [6.07, 6.45) is 4.51. The van der Waals surface area contributed by atoms with E-state index < -0.39 is 10.0 Å². The number of aryl methyl sites for hydroxylation is 1. The Hall–Kier alpha value is -0.850. The van der Waals surface area contributed by atoms with E-state index in [1.807, 2.05) is 25.6 Å². The molecule has 0 radical (unpaired) electrons. The number of hydrogen-bond donors (Lipinski definition) is 1. The van der Waals surface area contributed by atoms with Crippen LogP contribution in [0.1, 0.15) is 38.8 Å². The average Bonchev–Trinajstić information content (AvgIpc) is 2.94. The first kappa shape index (κ1) is 15.5. The lowest BCUT2D eigenvalue weighted by Crippen LogP contribution is -2.39. The Morgan fingerprint density at radius 1 is 1.40 bits per heavy atom. The second-order valence-electron chi connectivity index (χ2n) is 5.63. The summed E-state index contributed by atoms with van der Waals surface area (Å²) in [5, 5.41) is 3.06. The van der Waals surface area contributed by atoms with Gasteiger partial charge >= 0.3 is 0 Å². The molecule has 1 fully saturated rings. The van der Waals surface area contributed by atoms with Crippen molar-refractivity contribution in [3.63, 3.8) is 0 Å². The molecule has 1 N–H and O–H groups in total. The van der Waals surface area contributed by atoms with E-state index in [0.717, 1.165) is 25.0 Å². The molecule has 2 atom stereocenters. The number of hydrogen-bond acceptors (Lipinski definition) is 3. The third kappa shape index (κ3) is 2.64. The van der Waals surface area contributed by atoms with Gasteiger partial charge in [0, 0.05) is 37.6 Å². The molecular weight excluding hydrogens is 274 g/mol. The predicted octanol–water partition coefficient (Wildman–Crippen LogP) is 1.70. The van der Waals surface area contributed by atoms with Crippen LogP contribution in [0.15, 0.2) is 17.2 Å². The maximum absolute atomic E-state index is 12.9. The van der Waals surface area contributed by atoms with Gasteiger partial charge in [-0.1, -0.05) is 6.92 Å². The third-order valence-electron chi connectivity index (χ3n) is 4.20. The van der Waals surface area contributed by atoms with Crippen molar-refractivity contribution in [3.8, 4) is 0 Å². The molecule has 0 spiro atoms. The molecule has 1 aromatic rings. The molecule has 6 heteroatoms. The van der Waals surface area contributed by atoms with Gasteiger partial charge in [0.05, 0.1) is 0 Å². The monoisotopic (exact) mass is 299 g/mol. The molecule has 0 aliphatic carbocycles. The number of rotatable bonds is 5. The summed E-state index contributed by atoms with van der Waals surface area (Å²) >= 11 is 0. The third-order valence-corrected chi connectivity index (χ3v) is 6.23. The van der Waals surface area contributed by atoms with Gasteiger partial charge in [-0.25, -0.2) is 8.42 Å². The molecule has 20 heavy (non-hydrogen) atoms. The summed E-state index contributed by atoms with van der Waals surface area (Å²) in [5.74, 6) is 0. The first-order valence-electron chi connectivity index (χ1n) is 7.25. The van der Waals surface area contributed by atoms with Gasteiger partial charge < -0.3 is 9.88 Å². The van der Waals surface area contributed by atoms with Crippen molar-refractivity contribution in [2.75, 3.05) is 7.05 Å². The van der Waals surface area contributed by atoms with E-state index in [9.17, 15) is 8.42 Å². The fourth-order valence-electron chi connectivity index (χ4n) is 3.06. The van der Waals surface area contributed by atoms with Crippen molar-refractivity contribution >= 4 is 10.0 Å². The van der Waals surface area contributed by atoms with Crippen molar-refractivity contribution in [3.05, 3.63) is 18.0 Å². The highest BCUT2D eigenvalue weighted by molar-refractivity contribution is 7.89. The molecule has 1 aliphatic heterocycles. The van der Waals surface area contributed by atoms with Crippen LogP contribution in [0.5, 0.6) is 0 Å². The standard InChI is InChI=1S/C14H25N3O2S/c1-5-12-7-6-11(2)17(12)20(18,19)14-8-13(9-15-3)16(4)10-14/h8,10-12,15H,5-7,9H2,1-4H3. The quantitative estimate of drug-likeness (QED) is 0.900. The predicted molar refractivity (Wildman–Crippen MR) is 80.0 cm³/mol. The van der Waals surface area contributed by atoms with Gasteiger partial charge in [-0.15, -0.1) is 0 Å². The zero-order valence-electron chi connectivity index (χ0n) is 12.8. The van der Waals surface area contributed by atoms with Crippen LogP contribution >= 0.6 is 0 Å². The molecule has 0 bridgehead atoms. The SMILES string of the molecule is CCC1CCC(C)N1S(=O)(=O)c1cc(CNC)n(C)c1. The second kappa shape index (κ2) is 5.87. The molecule has 5 nitrogen and oxygen atoms in total. The van der Waals surface area contributed by atoms with Crippen LogP contribution in [-0.4, -0.2) is 36.4 Å². The summed E-state index contributed by atoms with van der Waals surface area (Å²) in [5.41, 5.74) is 0.978. The topological polar surface area (TPSA) is 54.3 Å². The van der Waals surface area contributed by atoms with E-state index in [-0.39, 0.29) is 12.1 Å². The van der Waals surface area contributed by atoms with Crippen LogP contribution in [0.3, 0.4) is 0 Å². The Bertz CT molecular complexity index is 565. The molecule has 1 aromatic heterocycles. The molecule has 0 amide bonds. The highest BCUT2D eigenvalue weighted by atomic mass is 32.2. The van der Waals surface area contributed by atoms with E-state index in [1.165, 1.54) is 0 Å². The lowest BCUT2D eigenvalue weighted by Gasteiger charge is -2.26. The molecule has 0 saturated carbocycles. The number of sulfonamides is 1. The molecule has 2 heterocycles. The second-order valence-corrected chi connectivity index (χ2v) is 7.47. The van der Waals surface area contributed by atoms with Crippen molar-refractivity contribution in [2.24, 2.45) is 7.05 Å². The van der Waals surface area contributed by atoms with E-state index >= 15 is 0 Å². The van der Waals surface area contributed by atoms with Crippen LogP contribution in [0.4, 0.5) is 0 Å². The molecule has 2 unspecified atom stereocenters.